The van der Waals surface area contributed by atoms with Crippen molar-refractivity contribution < 1.29 is 14.3 Å². The third kappa shape index (κ3) is 2.41. The zero-order valence-corrected chi connectivity index (χ0v) is 10.8. The lowest BCUT2D eigenvalue weighted by Crippen LogP contribution is -1.98. The van der Waals surface area contributed by atoms with E-state index in [-0.39, 0.29) is 6.42 Å². The van der Waals surface area contributed by atoms with Crippen LogP contribution in [-0.4, -0.2) is 20.6 Å². The SMILES string of the molecule is Cn1c(-c2ccco2)nc(CCC(=O)O)c1Br. The van der Waals surface area contributed by atoms with E-state index in [9.17, 15) is 4.79 Å². The number of imidazole rings is 1. The molecule has 2 rings (SSSR count). The molecular formula is C11H11BrN2O3. The number of hydrogen-bond donors (Lipinski definition) is 1. The second kappa shape index (κ2) is 4.75. The molecule has 5 nitrogen and oxygen atoms in total. The van der Waals surface area contributed by atoms with Crippen LogP contribution in [0.5, 0.6) is 0 Å². The quantitative estimate of drug-likeness (QED) is 0.941. The maximum Gasteiger partial charge on any atom is 0.303 e. The van der Waals surface area contributed by atoms with E-state index in [1.54, 1.807) is 12.3 Å². The lowest BCUT2D eigenvalue weighted by molar-refractivity contribution is -0.136. The molecule has 0 saturated heterocycles. The fourth-order valence-electron chi connectivity index (χ4n) is 1.55. The fourth-order valence-corrected chi connectivity index (χ4v) is 2.00. The summed E-state index contributed by atoms with van der Waals surface area (Å²) in [5.74, 6) is 0.513. The molecule has 0 unspecified atom stereocenters. The van der Waals surface area contributed by atoms with Gasteiger partial charge in [-0.15, -0.1) is 0 Å². The smallest absolute Gasteiger partial charge is 0.303 e. The molecule has 1 N–H and O–H groups in total. The molecule has 2 aromatic rings. The minimum absolute atomic E-state index is 0.0627. The maximum absolute atomic E-state index is 10.5. The Morgan fingerprint density at radius 1 is 1.65 bits per heavy atom. The highest BCUT2D eigenvalue weighted by atomic mass is 79.9. The molecule has 17 heavy (non-hydrogen) atoms. The van der Waals surface area contributed by atoms with Gasteiger partial charge in [0.15, 0.2) is 11.6 Å². The van der Waals surface area contributed by atoms with Gasteiger partial charge < -0.3 is 14.1 Å². The van der Waals surface area contributed by atoms with Gasteiger partial charge >= 0.3 is 5.97 Å². The van der Waals surface area contributed by atoms with Crippen LogP contribution < -0.4 is 0 Å². The molecule has 2 aromatic heterocycles. The van der Waals surface area contributed by atoms with Gasteiger partial charge in [-0.05, 0) is 28.1 Å². The highest BCUT2D eigenvalue weighted by Gasteiger charge is 2.16. The van der Waals surface area contributed by atoms with Gasteiger partial charge in [-0.3, -0.25) is 4.79 Å². The van der Waals surface area contributed by atoms with Crippen molar-refractivity contribution in [2.75, 3.05) is 0 Å². The molecular weight excluding hydrogens is 288 g/mol. The molecule has 0 spiro atoms. The number of aryl methyl sites for hydroxylation is 1. The van der Waals surface area contributed by atoms with Crippen molar-refractivity contribution in [2.45, 2.75) is 12.8 Å². The molecule has 2 heterocycles. The molecule has 0 amide bonds. The molecule has 0 aromatic carbocycles. The van der Waals surface area contributed by atoms with Crippen molar-refractivity contribution in [2.24, 2.45) is 7.05 Å². The van der Waals surface area contributed by atoms with Crippen molar-refractivity contribution in [3.8, 4) is 11.6 Å². The topological polar surface area (TPSA) is 68.3 Å². The highest BCUT2D eigenvalue weighted by Crippen LogP contribution is 2.26. The van der Waals surface area contributed by atoms with Gasteiger partial charge in [0.2, 0.25) is 0 Å². The molecule has 0 bridgehead atoms. The van der Waals surface area contributed by atoms with Crippen molar-refractivity contribution in [1.29, 1.82) is 0 Å². The van der Waals surface area contributed by atoms with Gasteiger partial charge in [0.1, 0.15) is 4.60 Å². The summed E-state index contributed by atoms with van der Waals surface area (Å²) in [4.78, 5) is 14.9. The molecule has 0 saturated carbocycles. The molecule has 0 atom stereocenters. The second-order valence-electron chi connectivity index (χ2n) is 3.60. The Kier molecular flexibility index (Phi) is 3.33. The number of carbonyl (C=O) groups is 1. The largest absolute Gasteiger partial charge is 0.481 e. The summed E-state index contributed by atoms with van der Waals surface area (Å²) < 4.78 is 7.89. The molecule has 0 aliphatic rings. The number of hydrogen-bond acceptors (Lipinski definition) is 3. The summed E-state index contributed by atoms with van der Waals surface area (Å²) in [5.41, 5.74) is 0.723. The Morgan fingerprint density at radius 2 is 2.41 bits per heavy atom. The van der Waals surface area contributed by atoms with E-state index >= 15 is 0 Å². The number of aromatic nitrogens is 2. The van der Waals surface area contributed by atoms with Gasteiger partial charge in [-0.25, -0.2) is 4.98 Å². The van der Waals surface area contributed by atoms with Gasteiger partial charge in [0.25, 0.3) is 0 Å². The van der Waals surface area contributed by atoms with Crippen LogP contribution in [0.1, 0.15) is 12.1 Å². The second-order valence-corrected chi connectivity index (χ2v) is 4.35. The van der Waals surface area contributed by atoms with E-state index in [4.69, 9.17) is 9.52 Å². The van der Waals surface area contributed by atoms with Crippen LogP contribution in [-0.2, 0) is 18.3 Å². The first kappa shape index (κ1) is 11.9. The molecule has 6 heteroatoms. The summed E-state index contributed by atoms with van der Waals surface area (Å²) in [7, 11) is 1.85. The Balaban J connectivity index is 2.31. The summed E-state index contributed by atoms with van der Waals surface area (Å²) in [5, 5.41) is 8.66. The predicted molar refractivity (Wildman–Crippen MR) is 64.6 cm³/mol. The average Bonchev–Trinajstić information content (AvgIpc) is 2.88. The lowest BCUT2D eigenvalue weighted by Gasteiger charge is -1.98. The fraction of sp³-hybridized carbons (Fsp3) is 0.273. The van der Waals surface area contributed by atoms with Crippen molar-refractivity contribution in [1.82, 2.24) is 9.55 Å². The number of nitrogens with zero attached hydrogens (tertiary/aromatic N) is 2. The van der Waals surface area contributed by atoms with Crippen LogP contribution in [0.2, 0.25) is 0 Å². The maximum atomic E-state index is 10.5. The Labute approximate surface area is 106 Å². The highest BCUT2D eigenvalue weighted by molar-refractivity contribution is 9.10. The summed E-state index contributed by atoms with van der Waals surface area (Å²) in [6, 6.07) is 3.60. The minimum atomic E-state index is -0.831. The van der Waals surface area contributed by atoms with E-state index in [0.717, 1.165) is 10.3 Å². The third-order valence-corrected chi connectivity index (χ3v) is 3.40. The number of aliphatic carboxylic acids is 1. The Bertz CT molecular complexity index is 531. The van der Waals surface area contributed by atoms with Gasteiger partial charge in [0.05, 0.1) is 18.4 Å². The van der Waals surface area contributed by atoms with Crippen molar-refractivity contribution in [3.63, 3.8) is 0 Å². The lowest BCUT2D eigenvalue weighted by atomic mass is 10.2. The standard InChI is InChI=1S/C11H11BrN2O3/c1-14-10(12)7(4-5-9(15)16)13-11(14)8-3-2-6-17-8/h2-3,6H,4-5H2,1H3,(H,15,16). The molecule has 90 valence electrons. The Morgan fingerprint density at radius 3 is 3.00 bits per heavy atom. The first-order chi connectivity index (χ1) is 8.09. The van der Waals surface area contributed by atoms with E-state index in [1.807, 2.05) is 17.7 Å². The predicted octanol–water partition coefficient (Wildman–Crippen LogP) is 2.46. The van der Waals surface area contributed by atoms with E-state index < -0.39 is 5.97 Å². The molecule has 0 fully saturated rings. The number of rotatable bonds is 4. The van der Waals surface area contributed by atoms with Crippen molar-refractivity contribution in [3.05, 3.63) is 28.7 Å². The summed E-state index contributed by atoms with van der Waals surface area (Å²) in [6.45, 7) is 0. The summed E-state index contributed by atoms with van der Waals surface area (Å²) >= 11 is 3.40. The third-order valence-electron chi connectivity index (χ3n) is 2.41. The number of halogens is 1. The Hall–Kier alpha value is -1.56. The first-order valence-electron chi connectivity index (χ1n) is 5.06. The van der Waals surface area contributed by atoms with Crippen LogP contribution in [0.3, 0.4) is 0 Å². The number of carboxylic acids is 1. The monoisotopic (exact) mass is 298 g/mol. The summed E-state index contributed by atoms with van der Waals surface area (Å²) in [6.07, 6.45) is 2.03. The number of carboxylic acid groups (broad SMARTS) is 1. The molecule has 0 aliphatic carbocycles. The zero-order valence-electron chi connectivity index (χ0n) is 9.18. The van der Waals surface area contributed by atoms with Gasteiger partial charge in [-0.2, -0.15) is 0 Å². The molecule has 0 aliphatic heterocycles. The first-order valence-corrected chi connectivity index (χ1v) is 5.85. The molecule has 0 radical (unpaired) electrons. The van der Waals surface area contributed by atoms with Crippen molar-refractivity contribution >= 4 is 21.9 Å². The van der Waals surface area contributed by atoms with Crippen LogP contribution in [0.25, 0.3) is 11.6 Å². The van der Waals surface area contributed by atoms with Gasteiger partial charge in [0, 0.05) is 13.5 Å². The van der Waals surface area contributed by atoms with E-state index in [0.29, 0.717) is 18.0 Å². The van der Waals surface area contributed by atoms with E-state index in [1.165, 1.54) is 0 Å². The van der Waals surface area contributed by atoms with E-state index in [2.05, 4.69) is 20.9 Å². The normalized spacial score (nSPS) is 10.7. The van der Waals surface area contributed by atoms with Crippen LogP contribution in [0.4, 0.5) is 0 Å². The van der Waals surface area contributed by atoms with Crippen LogP contribution in [0, 0.1) is 0 Å². The number of furan rings is 1. The average molecular weight is 299 g/mol. The zero-order chi connectivity index (χ0) is 12.4. The van der Waals surface area contributed by atoms with Gasteiger partial charge in [-0.1, -0.05) is 0 Å². The van der Waals surface area contributed by atoms with Crippen LogP contribution >= 0.6 is 15.9 Å². The minimum Gasteiger partial charge on any atom is -0.481 e. The van der Waals surface area contributed by atoms with Crippen LogP contribution in [0.15, 0.2) is 27.4 Å².